The number of halogens is 1. The first-order valence-electron chi connectivity index (χ1n) is 9.61. The fourth-order valence-electron chi connectivity index (χ4n) is 3.50. The van der Waals surface area contributed by atoms with Gasteiger partial charge in [0, 0.05) is 16.3 Å². The van der Waals surface area contributed by atoms with Gasteiger partial charge in [0.2, 0.25) is 0 Å². The molecule has 0 amide bonds. The Bertz CT molecular complexity index is 1320. The van der Waals surface area contributed by atoms with Gasteiger partial charge in [-0.15, -0.1) is 0 Å². The number of para-hydroxylation sites is 2. The molecule has 0 radical (unpaired) electrons. The molecule has 29 heavy (non-hydrogen) atoms. The Labute approximate surface area is 173 Å². The molecule has 0 fully saturated rings. The van der Waals surface area contributed by atoms with Gasteiger partial charge in [0.05, 0.1) is 11.0 Å². The number of aromatic nitrogens is 4. The third-order valence-electron chi connectivity index (χ3n) is 5.09. The van der Waals surface area contributed by atoms with Crippen LogP contribution in [0.5, 0.6) is 0 Å². The molecular weight excluding hydrogens is 380 g/mol. The molecule has 5 aromatic rings. The Hall–Kier alpha value is -3.24. The predicted octanol–water partition coefficient (Wildman–Crippen LogP) is 6.41. The zero-order chi connectivity index (χ0) is 20.0. The normalized spacial score (nSPS) is 11.6. The van der Waals surface area contributed by atoms with E-state index in [0.29, 0.717) is 16.6 Å². The van der Waals surface area contributed by atoms with Gasteiger partial charge in [0.1, 0.15) is 5.82 Å². The van der Waals surface area contributed by atoms with Crippen LogP contribution in [0.25, 0.3) is 39.4 Å². The maximum atomic E-state index is 6.10. The van der Waals surface area contributed by atoms with E-state index in [2.05, 4.69) is 42.7 Å². The second kappa shape index (κ2) is 6.98. The molecule has 142 valence electrons. The Morgan fingerprint density at radius 2 is 1.41 bits per heavy atom. The third-order valence-corrected chi connectivity index (χ3v) is 5.34. The molecule has 2 heterocycles. The minimum Gasteiger partial charge on any atom is -0.275 e. The standard InChI is InChI=1S/C24H19ClN4/c1-15(2)16-9-13-19(14-10-16)29-23(17-7-11-18(25)12-8-17)28-22-24(29)27-21-6-4-3-5-20(21)26-22/h3-15H,1-2H3. The Kier molecular flexibility index (Phi) is 4.29. The Balaban J connectivity index is 1.81. The van der Waals surface area contributed by atoms with Crippen molar-refractivity contribution in [3.8, 4) is 17.1 Å². The number of hydrogen-bond donors (Lipinski definition) is 0. The highest BCUT2D eigenvalue weighted by molar-refractivity contribution is 6.30. The zero-order valence-corrected chi connectivity index (χ0v) is 16.9. The summed E-state index contributed by atoms with van der Waals surface area (Å²) in [6.07, 6.45) is 0. The first kappa shape index (κ1) is 17.8. The lowest BCUT2D eigenvalue weighted by atomic mass is 10.0. The van der Waals surface area contributed by atoms with Crippen LogP contribution >= 0.6 is 11.6 Å². The summed E-state index contributed by atoms with van der Waals surface area (Å²) in [5.41, 5.74) is 6.32. The molecule has 0 atom stereocenters. The summed E-state index contributed by atoms with van der Waals surface area (Å²) < 4.78 is 2.07. The SMILES string of the molecule is CC(C)c1ccc(-n2c(-c3ccc(Cl)cc3)nc3nc4ccccc4nc32)cc1. The van der Waals surface area contributed by atoms with Crippen molar-refractivity contribution in [2.24, 2.45) is 0 Å². The highest BCUT2D eigenvalue weighted by Crippen LogP contribution is 2.29. The summed E-state index contributed by atoms with van der Waals surface area (Å²) in [5.74, 6) is 1.27. The summed E-state index contributed by atoms with van der Waals surface area (Å²) in [7, 11) is 0. The maximum Gasteiger partial charge on any atom is 0.199 e. The minimum atomic E-state index is 0.475. The van der Waals surface area contributed by atoms with Gasteiger partial charge < -0.3 is 0 Å². The van der Waals surface area contributed by atoms with E-state index in [0.717, 1.165) is 33.8 Å². The van der Waals surface area contributed by atoms with Gasteiger partial charge in [-0.3, -0.25) is 4.57 Å². The van der Waals surface area contributed by atoms with Gasteiger partial charge in [-0.25, -0.2) is 15.0 Å². The minimum absolute atomic E-state index is 0.475. The monoisotopic (exact) mass is 398 g/mol. The van der Waals surface area contributed by atoms with E-state index >= 15 is 0 Å². The molecule has 3 aromatic carbocycles. The second-order valence-corrected chi connectivity index (χ2v) is 7.82. The molecule has 0 aliphatic carbocycles. The molecule has 0 N–H and O–H groups in total. The van der Waals surface area contributed by atoms with Crippen LogP contribution in [0.15, 0.2) is 72.8 Å². The lowest BCUT2D eigenvalue weighted by molar-refractivity contribution is 0.865. The molecule has 0 saturated carbocycles. The highest BCUT2D eigenvalue weighted by Gasteiger charge is 2.17. The Morgan fingerprint density at radius 1 is 0.759 bits per heavy atom. The largest absolute Gasteiger partial charge is 0.275 e. The number of nitrogens with zero attached hydrogens (tertiary/aromatic N) is 4. The quantitative estimate of drug-likeness (QED) is 0.352. The van der Waals surface area contributed by atoms with E-state index in [9.17, 15) is 0 Å². The van der Waals surface area contributed by atoms with Crippen molar-refractivity contribution in [1.82, 2.24) is 19.5 Å². The van der Waals surface area contributed by atoms with E-state index in [4.69, 9.17) is 26.6 Å². The van der Waals surface area contributed by atoms with Crippen molar-refractivity contribution in [3.63, 3.8) is 0 Å². The van der Waals surface area contributed by atoms with Gasteiger partial charge in [0.25, 0.3) is 0 Å². The van der Waals surface area contributed by atoms with Crippen molar-refractivity contribution in [2.75, 3.05) is 0 Å². The number of hydrogen-bond acceptors (Lipinski definition) is 3. The molecule has 5 rings (SSSR count). The van der Waals surface area contributed by atoms with E-state index in [1.807, 2.05) is 48.5 Å². The lowest BCUT2D eigenvalue weighted by Gasteiger charge is -2.11. The number of benzene rings is 3. The van der Waals surface area contributed by atoms with E-state index < -0.39 is 0 Å². The van der Waals surface area contributed by atoms with Crippen molar-refractivity contribution in [3.05, 3.63) is 83.4 Å². The predicted molar refractivity (Wildman–Crippen MR) is 119 cm³/mol. The van der Waals surface area contributed by atoms with Gasteiger partial charge in [-0.1, -0.05) is 49.7 Å². The fourth-order valence-corrected chi connectivity index (χ4v) is 3.63. The van der Waals surface area contributed by atoms with Gasteiger partial charge >= 0.3 is 0 Å². The van der Waals surface area contributed by atoms with Crippen molar-refractivity contribution in [2.45, 2.75) is 19.8 Å². The third kappa shape index (κ3) is 3.15. The summed E-state index contributed by atoms with van der Waals surface area (Å²) in [4.78, 5) is 14.5. The molecule has 5 heteroatoms. The first-order valence-corrected chi connectivity index (χ1v) is 9.99. The number of fused-ring (bicyclic) bond motifs is 2. The molecular formula is C24H19ClN4. The van der Waals surface area contributed by atoms with Crippen LogP contribution in [0.4, 0.5) is 0 Å². The van der Waals surface area contributed by atoms with E-state index in [-0.39, 0.29) is 0 Å². The molecule has 0 aliphatic heterocycles. The average Bonchev–Trinajstić information content (AvgIpc) is 3.10. The summed E-state index contributed by atoms with van der Waals surface area (Å²) >= 11 is 6.10. The summed E-state index contributed by atoms with van der Waals surface area (Å²) in [6.45, 7) is 4.39. The smallest absolute Gasteiger partial charge is 0.199 e. The maximum absolute atomic E-state index is 6.10. The molecule has 0 unspecified atom stereocenters. The lowest BCUT2D eigenvalue weighted by Crippen LogP contribution is -2.00. The van der Waals surface area contributed by atoms with Crippen LogP contribution in [0.3, 0.4) is 0 Å². The van der Waals surface area contributed by atoms with Gasteiger partial charge in [-0.05, 0) is 60.0 Å². The molecule has 4 nitrogen and oxygen atoms in total. The zero-order valence-electron chi connectivity index (χ0n) is 16.2. The van der Waals surface area contributed by atoms with Crippen molar-refractivity contribution >= 4 is 33.9 Å². The van der Waals surface area contributed by atoms with E-state index in [1.165, 1.54) is 5.56 Å². The highest BCUT2D eigenvalue weighted by atomic mass is 35.5. The number of rotatable bonds is 3. The topological polar surface area (TPSA) is 43.6 Å². The van der Waals surface area contributed by atoms with Crippen LogP contribution in [0.1, 0.15) is 25.3 Å². The average molecular weight is 399 g/mol. The fraction of sp³-hybridized carbons (Fsp3) is 0.125. The first-order chi connectivity index (χ1) is 14.1. The molecule has 0 aliphatic rings. The molecule has 0 spiro atoms. The second-order valence-electron chi connectivity index (χ2n) is 7.38. The molecule has 0 saturated heterocycles. The number of imidazole rings is 1. The van der Waals surface area contributed by atoms with Gasteiger partial charge in [0.15, 0.2) is 11.3 Å². The van der Waals surface area contributed by atoms with Crippen LogP contribution < -0.4 is 0 Å². The van der Waals surface area contributed by atoms with E-state index in [1.54, 1.807) is 0 Å². The van der Waals surface area contributed by atoms with Crippen molar-refractivity contribution < 1.29 is 0 Å². The van der Waals surface area contributed by atoms with Crippen LogP contribution in [0.2, 0.25) is 5.02 Å². The van der Waals surface area contributed by atoms with Gasteiger partial charge in [-0.2, -0.15) is 0 Å². The van der Waals surface area contributed by atoms with Crippen molar-refractivity contribution in [1.29, 1.82) is 0 Å². The summed E-state index contributed by atoms with van der Waals surface area (Å²) in [6, 6.07) is 24.1. The molecule has 2 aromatic heterocycles. The van der Waals surface area contributed by atoms with Crippen LogP contribution in [0, 0.1) is 0 Å². The Morgan fingerprint density at radius 3 is 2.07 bits per heavy atom. The van der Waals surface area contributed by atoms with Crippen LogP contribution in [-0.2, 0) is 0 Å². The summed E-state index contributed by atoms with van der Waals surface area (Å²) in [5, 5.41) is 0.694. The van der Waals surface area contributed by atoms with Crippen LogP contribution in [-0.4, -0.2) is 19.5 Å². The molecule has 0 bridgehead atoms.